The number of phenolic OH excluding ortho intramolecular Hbond substituents is 1. The zero-order valence-electron chi connectivity index (χ0n) is 10.7. The molecule has 0 spiro atoms. The summed E-state index contributed by atoms with van der Waals surface area (Å²) in [5, 5.41) is 12.9. The Balaban J connectivity index is 2.95. The first-order chi connectivity index (χ1) is 8.01. The van der Waals surface area contributed by atoms with Crippen molar-refractivity contribution in [2.45, 2.75) is 33.2 Å². The molecule has 94 valence electrons. The van der Waals surface area contributed by atoms with Crippen LogP contribution in [0.4, 0.5) is 5.69 Å². The van der Waals surface area contributed by atoms with Crippen molar-refractivity contribution in [2.24, 2.45) is 0 Å². The van der Waals surface area contributed by atoms with Gasteiger partial charge in [0.2, 0.25) is 0 Å². The number of phenols is 1. The standard InChI is InChI=1S/C13H19NO3/c1-5-10(13(16)17-4)14-11-7-6-8(2)12(15)9(11)3/h6-7,10,14-15H,5H2,1-4H3. The van der Waals surface area contributed by atoms with Crippen molar-refractivity contribution in [1.29, 1.82) is 0 Å². The van der Waals surface area contributed by atoms with Crippen molar-refractivity contribution in [3.63, 3.8) is 0 Å². The fourth-order valence-electron chi connectivity index (χ4n) is 1.65. The van der Waals surface area contributed by atoms with Gasteiger partial charge in [0.1, 0.15) is 11.8 Å². The van der Waals surface area contributed by atoms with Gasteiger partial charge in [-0.15, -0.1) is 0 Å². The lowest BCUT2D eigenvalue weighted by molar-refractivity contribution is -0.141. The minimum absolute atomic E-state index is 0.259. The van der Waals surface area contributed by atoms with E-state index in [1.54, 1.807) is 0 Å². The minimum atomic E-state index is -0.388. The second-order valence-electron chi connectivity index (χ2n) is 4.03. The van der Waals surface area contributed by atoms with Crippen LogP contribution in [0.1, 0.15) is 24.5 Å². The van der Waals surface area contributed by atoms with Crippen molar-refractivity contribution in [1.82, 2.24) is 0 Å². The van der Waals surface area contributed by atoms with Gasteiger partial charge in [0.25, 0.3) is 0 Å². The monoisotopic (exact) mass is 237 g/mol. The Labute approximate surface area is 102 Å². The van der Waals surface area contributed by atoms with Crippen molar-refractivity contribution in [3.05, 3.63) is 23.3 Å². The van der Waals surface area contributed by atoms with Crippen molar-refractivity contribution in [2.75, 3.05) is 12.4 Å². The summed E-state index contributed by atoms with van der Waals surface area (Å²) in [5.41, 5.74) is 2.32. The van der Waals surface area contributed by atoms with Gasteiger partial charge in [0.05, 0.1) is 7.11 Å². The summed E-state index contributed by atoms with van der Waals surface area (Å²) in [5.74, 6) is -0.0401. The Kier molecular flexibility index (Phi) is 4.37. The highest BCUT2D eigenvalue weighted by atomic mass is 16.5. The number of benzene rings is 1. The Hall–Kier alpha value is -1.71. The molecule has 0 amide bonds. The number of methoxy groups -OCH3 is 1. The molecular weight excluding hydrogens is 218 g/mol. The van der Waals surface area contributed by atoms with Crippen molar-refractivity contribution >= 4 is 11.7 Å². The molecule has 0 aliphatic carbocycles. The highest BCUT2D eigenvalue weighted by Crippen LogP contribution is 2.28. The fraction of sp³-hybridized carbons (Fsp3) is 0.462. The van der Waals surface area contributed by atoms with Crippen LogP contribution >= 0.6 is 0 Å². The molecule has 0 aliphatic rings. The number of carbonyl (C=O) groups excluding carboxylic acids is 1. The molecule has 1 atom stereocenters. The van der Waals surface area contributed by atoms with E-state index < -0.39 is 0 Å². The lowest BCUT2D eigenvalue weighted by Crippen LogP contribution is -2.30. The van der Waals surface area contributed by atoms with Crippen molar-refractivity contribution in [3.8, 4) is 5.75 Å². The van der Waals surface area contributed by atoms with E-state index in [9.17, 15) is 9.90 Å². The van der Waals surface area contributed by atoms with Crippen LogP contribution in [0.3, 0.4) is 0 Å². The third-order valence-electron chi connectivity index (χ3n) is 2.86. The molecule has 0 aromatic heterocycles. The number of carbonyl (C=O) groups is 1. The lowest BCUT2D eigenvalue weighted by Gasteiger charge is -2.18. The van der Waals surface area contributed by atoms with Gasteiger partial charge in [-0.3, -0.25) is 0 Å². The van der Waals surface area contributed by atoms with E-state index in [1.807, 2.05) is 32.9 Å². The van der Waals surface area contributed by atoms with Gasteiger partial charge in [-0.2, -0.15) is 0 Å². The summed E-state index contributed by atoms with van der Waals surface area (Å²) in [6.07, 6.45) is 0.626. The Morgan fingerprint density at radius 3 is 2.65 bits per heavy atom. The molecular formula is C13H19NO3. The van der Waals surface area contributed by atoms with Gasteiger partial charge in [-0.05, 0) is 31.9 Å². The fourth-order valence-corrected chi connectivity index (χ4v) is 1.65. The summed E-state index contributed by atoms with van der Waals surface area (Å²) in [6.45, 7) is 5.55. The summed E-state index contributed by atoms with van der Waals surface area (Å²) in [7, 11) is 1.37. The molecule has 0 saturated carbocycles. The lowest BCUT2D eigenvalue weighted by atomic mass is 10.1. The summed E-state index contributed by atoms with van der Waals surface area (Å²) in [6, 6.07) is 3.28. The van der Waals surface area contributed by atoms with Gasteiger partial charge in [-0.1, -0.05) is 13.0 Å². The number of aryl methyl sites for hydroxylation is 1. The summed E-state index contributed by atoms with van der Waals surface area (Å²) >= 11 is 0. The Morgan fingerprint density at radius 1 is 1.47 bits per heavy atom. The molecule has 0 aliphatic heterocycles. The van der Waals surface area contributed by atoms with Crippen LogP contribution in [0.5, 0.6) is 5.75 Å². The summed E-state index contributed by atoms with van der Waals surface area (Å²) in [4.78, 5) is 11.5. The summed E-state index contributed by atoms with van der Waals surface area (Å²) < 4.78 is 4.71. The average molecular weight is 237 g/mol. The molecule has 1 unspecified atom stereocenters. The van der Waals surface area contributed by atoms with E-state index in [0.717, 1.165) is 16.8 Å². The van der Waals surface area contributed by atoms with Crippen LogP contribution < -0.4 is 5.32 Å². The maximum Gasteiger partial charge on any atom is 0.328 e. The number of hydrogen-bond acceptors (Lipinski definition) is 4. The smallest absolute Gasteiger partial charge is 0.328 e. The first-order valence-electron chi connectivity index (χ1n) is 5.64. The van der Waals surface area contributed by atoms with E-state index >= 15 is 0 Å². The number of nitrogens with one attached hydrogen (secondary N) is 1. The van der Waals surface area contributed by atoms with E-state index in [0.29, 0.717) is 6.42 Å². The Morgan fingerprint density at radius 2 is 2.12 bits per heavy atom. The van der Waals surface area contributed by atoms with E-state index in [4.69, 9.17) is 4.74 Å². The van der Waals surface area contributed by atoms with Gasteiger partial charge < -0.3 is 15.2 Å². The molecule has 2 N–H and O–H groups in total. The number of hydrogen-bond donors (Lipinski definition) is 2. The molecule has 0 fully saturated rings. The highest BCUT2D eigenvalue weighted by molar-refractivity contribution is 5.79. The third kappa shape index (κ3) is 2.90. The van der Waals surface area contributed by atoms with Gasteiger partial charge in [-0.25, -0.2) is 4.79 Å². The van der Waals surface area contributed by atoms with Gasteiger partial charge in [0.15, 0.2) is 0 Å². The van der Waals surface area contributed by atoms with Crippen LogP contribution in [-0.4, -0.2) is 24.2 Å². The second-order valence-corrected chi connectivity index (χ2v) is 4.03. The van der Waals surface area contributed by atoms with Crippen LogP contribution in [0.15, 0.2) is 12.1 Å². The minimum Gasteiger partial charge on any atom is -0.507 e. The van der Waals surface area contributed by atoms with E-state index in [2.05, 4.69) is 5.32 Å². The molecule has 17 heavy (non-hydrogen) atoms. The molecule has 1 aromatic rings. The normalized spacial score (nSPS) is 12.0. The van der Waals surface area contributed by atoms with Crippen LogP contribution in [-0.2, 0) is 9.53 Å². The highest BCUT2D eigenvalue weighted by Gasteiger charge is 2.18. The molecule has 0 radical (unpaired) electrons. The first kappa shape index (κ1) is 13.4. The number of rotatable bonds is 4. The zero-order valence-corrected chi connectivity index (χ0v) is 10.7. The van der Waals surface area contributed by atoms with Gasteiger partial charge in [0, 0.05) is 11.3 Å². The average Bonchev–Trinajstić information content (AvgIpc) is 2.34. The van der Waals surface area contributed by atoms with Crippen LogP contribution in [0, 0.1) is 13.8 Å². The maximum absolute atomic E-state index is 11.5. The molecule has 0 saturated heterocycles. The SMILES string of the molecule is CCC(Nc1ccc(C)c(O)c1C)C(=O)OC. The molecule has 0 heterocycles. The molecule has 1 rings (SSSR count). The van der Waals surface area contributed by atoms with Gasteiger partial charge >= 0.3 is 5.97 Å². The number of ether oxygens (including phenoxy) is 1. The number of anilines is 1. The number of esters is 1. The Bertz CT molecular complexity index is 415. The maximum atomic E-state index is 11.5. The molecule has 4 heteroatoms. The predicted octanol–water partition coefficient (Wildman–Crippen LogP) is 2.37. The number of aromatic hydroxyl groups is 1. The topological polar surface area (TPSA) is 58.6 Å². The molecule has 4 nitrogen and oxygen atoms in total. The largest absolute Gasteiger partial charge is 0.507 e. The van der Waals surface area contributed by atoms with Crippen molar-refractivity contribution < 1.29 is 14.6 Å². The first-order valence-corrected chi connectivity index (χ1v) is 5.64. The van der Waals surface area contributed by atoms with E-state index in [1.165, 1.54) is 7.11 Å². The molecule has 1 aromatic carbocycles. The van der Waals surface area contributed by atoms with E-state index in [-0.39, 0.29) is 17.8 Å². The molecule has 0 bridgehead atoms. The zero-order chi connectivity index (χ0) is 13.0. The predicted molar refractivity (Wildman–Crippen MR) is 67.3 cm³/mol. The third-order valence-corrected chi connectivity index (χ3v) is 2.86. The van der Waals surface area contributed by atoms with Crippen LogP contribution in [0.2, 0.25) is 0 Å². The second kappa shape index (κ2) is 5.57. The van der Waals surface area contributed by atoms with Crippen LogP contribution in [0.25, 0.3) is 0 Å². The quantitative estimate of drug-likeness (QED) is 0.789.